The van der Waals surface area contributed by atoms with Crippen molar-refractivity contribution < 1.29 is 28.6 Å². The fourth-order valence-corrected chi connectivity index (χ4v) is 8.50. The fraction of sp³-hybridized carbons (Fsp3) is 0.912. The zero-order valence-electron chi connectivity index (χ0n) is 42.6. The highest BCUT2D eigenvalue weighted by atomic mass is 16.6. The number of unbranched alkanes of at least 4 members (excludes halogenated alkanes) is 39. The Hall–Kier alpha value is -1.85. The lowest BCUT2D eigenvalue weighted by Gasteiger charge is -2.18. The van der Waals surface area contributed by atoms with Gasteiger partial charge in [-0.1, -0.05) is 264 Å². The van der Waals surface area contributed by atoms with Gasteiger partial charge in [0.25, 0.3) is 0 Å². The summed E-state index contributed by atoms with van der Waals surface area (Å²) in [5.74, 6) is -0.858. The molecule has 0 rings (SSSR count). The first kappa shape index (κ1) is 61.1. The van der Waals surface area contributed by atoms with Crippen LogP contribution in [0.4, 0.5) is 0 Å². The standard InChI is InChI=1S/C57H108O6/c1-4-7-10-13-16-19-22-24-25-26-27-28-29-30-31-32-33-36-38-41-44-47-50-56(59)62-53-54(52-61-55(58)49-46-43-40-37-34-21-18-15-12-9-6-3)63-57(60)51-48-45-42-39-35-23-20-17-14-11-8-5-2/h17,20,54H,4-16,18-19,21-53H2,1-3H3/b20-17-. The second-order valence-electron chi connectivity index (χ2n) is 19.2. The number of carbonyl (C=O) groups excluding carboxylic acids is 3. The summed E-state index contributed by atoms with van der Waals surface area (Å²) in [4.78, 5) is 38.0. The van der Waals surface area contributed by atoms with Crippen molar-refractivity contribution in [1.29, 1.82) is 0 Å². The van der Waals surface area contributed by atoms with Crippen LogP contribution in [-0.4, -0.2) is 37.2 Å². The second kappa shape index (κ2) is 52.8. The van der Waals surface area contributed by atoms with Crippen LogP contribution in [0.15, 0.2) is 12.2 Å². The van der Waals surface area contributed by atoms with E-state index in [1.807, 2.05) is 0 Å². The minimum absolute atomic E-state index is 0.0679. The quantitative estimate of drug-likeness (QED) is 0.0262. The highest BCUT2D eigenvalue weighted by Gasteiger charge is 2.19. The fourth-order valence-electron chi connectivity index (χ4n) is 8.50. The second-order valence-corrected chi connectivity index (χ2v) is 19.2. The Kier molecular flexibility index (Phi) is 51.2. The largest absolute Gasteiger partial charge is 0.462 e. The molecule has 0 amide bonds. The van der Waals surface area contributed by atoms with Gasteiger partial charge >= 0.3 is 17.9 Å². The van der Waals surface area contributed by atoms with E-state index >= 15 is 0 Å². The lowest BCUT2D eigenvalue weighted by atomic mass is 10.0. The van der Waals surface area contributed by atoms with Crippen LogP contribution in [0.1, 0.15) is 316 Å². The minimum Gasteiger partial charge on any atom is -0.462 e. The average Bonchev–Trinajstić information content (AvgIpc) is 3.28. The van der Waals surface area contributed by atoms with E-state index in [0.717, 1.165) is 64.2 Å². The molecule has 1 atom stereocenters. The third-order valence-corrected chi connectivity index (χ3v) is 12.8. The summed E-state index contributed by atoms with van der Waals surface area (Å²) in [5, 5.41) is 0. The molecule has 0 radical (unpaired) electrons. The first-order chi connectivity index (χ1) is 31.0. The zero-order chi connectivity index (χ0) is 45.8. The first-order valence-corrected chi connectivity index (χ1v) is 28.2. The van der Waals surface area contributed by atoms with Gasteiger partial charge in [-0.05, 0) is 44.9 Å². The summed E-state index contributed by atoms with van der Waals surface area (Å²) in [6.45, 7) is 6.65. The summed E-state index contributed by atoms with van der Waals surface area (Å²) in [7, 11) is 0. The molecule has 1 unspecified atom stereocenters. The topological polar surface area (TPSA) is 78.9 Å². The van der Waals surface area contributed by atoms with Crippen molar-refractivity contribution in [3.05, 3.63) is 12.2 Å². The third kappa shape index (κ3) is 51.0. The molecule has 0 aliphatic carbocycles. The molecule has 0 aromatic rings. The van der Waals surface area contributed by atoms with Gasteiger partial charge in [0.15, 0.2) is 6.10 Å². The van der Waals surface area contributed by atoms with Crippen molar-refractivity contribution in [2.75, 3.05) is 13.2 Å². The Balaban J connectivity index is 4.19. The first-order valence-electron chi connectivity index (χ1n) is 28.2. The monoisotopic (exact) mass is 889 g/mol. The van der Waals surface area contributed by atoms with Crippen molar-refractivity contribution in [2.45, 2.75) is 322 Å². The number of carbonyl (C=O) groups is 3. The van der Waals surface area contributed by atoms with Gasteiger partial charge in [-0.15, -0.1) is 0 Å². The molecular weight excluding hydrogens is 781 g/mol. The van der Waals surface area contributed by atoms with Crippen molar-refractivity contribution in [3.8, 4) is 0 Å². The van der Waals surface area contributed by atoms with Gasteiger partial charge in [0.05, 0.1) is 0 Å². The molecule has 0 aliphatic rings. The lowest BCUT2D eigenvalue weighted by molar-refractivity contribution is -0.167. The molecule has 0 spiro atoms. The molecule has 0 aliphatic heterocycles. The molecule has 0 N–H and O–H groups in total. The molecular formula is C57H108O6. The van der Waals surface area contributed by atoms with E-state index in [2.05, 4.69) is 32.9 Å². The predicted octanol–water partition coefficient (Wildman–Crippen LogP) is 18.5. The molecule has 0 saturated carbocycles. The summed E-state index contributed by atoms with van der Waals surface area (Å²) in [6, 6.07) is 0. The molecule has 0 fully saturated rings. The summed E-state index contributed by atoms with van der Waals surface area (Å²) in [6.07, 6.45) is 59.3. The Morgan fingerprint density at radius 2 is 0.524 bits per heavy atom. The number of hydrogen-bond donors (Lipinski definition) is 0. The molecule has 0 aromatic heterocycles. The Morgan fingerprint density at radius 3 is 0.825 bits per heavy atom. The summed E-state index contributed by atoms with van der Waals surface area (Å²) < 4.78 is 16.8. The van der Waals surface area contributed by atoms with Gasteiger partial charge in [-0.25, -0.2) is 0 Å². The maximum absolute atomic E-state index is 12.8. The van der Waals surface area contributed by atoms with Gasteiger partial charge in [-0.3, -0.25) is 14.4 Å². The van der Waals surface area contributed by atoms with Gasteiger partial charge in [0.2, 0.25) is 0 Å². The molecule has 0 saturated heterocycles. The van der Waals surface area contributed by atoms with Gasteiger partial charge in [0.1, 0.15) is 13.2 Å². The van der Waals surface area contributed by atoms with E-state index in [0.29, 0.717) is 19.3 Å². The van der Waals surface area contributed by atoms with E-state index in [1.54, 1.807) is 0 Å². The van der Waals surface area contributed by atoms with Gasteiger partial charge in [-0.2, -0.15) is 0 Å². The Bertz CT molecular complexity index is 978. The van der Waals surface area contributed by atoms with E-state index in [9.17, 15) is 14.4 Å². The minimum atomic E-state index is -0.767. The highest BCUT2D eigenvalue weighted by molar-refractivity contribution is 5.71. The van der Waals surface area contributed by atoms with Crippen molar-refractivity contribution in [3.63, 3.8) is 0 Å². The number of rotatable bonds is 52. The Labute approximate surface area is 392 Å². The van der Waals surface area contributed by atoms with Crippen molar-refractivity contribution in [2.24, 2.45) is 0 Å². The molecule has 63 heavy (non-hydrogen) atoms. The van der Waals surface area contributed by atoms with Crippen molar-refractivity contribution >= 4 is 17.9 Å². The van der Waals surface area contributed by atoms with Crippen LogP contribution in [0, 0.1) is 0 Å². The third-order valence-electron chi connectivity index (χ3n) is 12.8. The van der Waals surface area contributed by atoms with Crippen LogP contribution in [-0.2, 0) is 28.6 Å². The Morgan fingerprint density at radius 1 is 0.302 bits per heavy atom. The number of allylic oxidation sites excluding steroid dienone is 2. The maximum atomic E-state index is 12.8. The lowest BCUT2D eigenvalue weighted by Crippen LogP contribution is -2.30. The van der Waals surface area contributed by atoms with Crippen LogP contribution >= 0.6 is 0 Å². The number of ether oxygens (including phenoxy) is 3. The molecule has 0 aromatic carbocycles. The molecule has 6 nitrogen and oxygen atoms in total. The highest BCUT2D eigenvalue weighted by Crippen LogP contribution is 2.17. The van der Waals surface area contributed by atoms with Gasteiger partial charge < -0.3 is 14.2 Å². The van der Waals surface area contributed by atoms with Crippen molar-refractivity contribution in [1.82, 2.24) is 0 Å². The average molecular weight is 889 g/mol. The maximum Gasteiger partial charge on any atom is 0.306 e. The normalized spacial score (nSPS) is 12.0. The molecule has 0 heterocycles. The molecule has 372 valence electrons. The summed E-state index contributed by atoms with van der Waals surface area (Å²) in [5.41, 5.74) is 0. The zero-order valence-corrected chi connectivity index (χ0v) is 42.6. The number of esters is 3. The van der Waals surface area contributed by atoms with E-state index in [1.165, 1.54) is 212 Å². The van der Waals surface area contributed by atoms with Gasteiger partial charge in [0, 0.05) is 19.3 Å². The van der Waals surface area contributed by atoms with Crippen LogP contribution in [0.3, 0.4) is 0 Å². The SMILES string of the molecule is CCCCC/C=C\CCCCCCCC(=O)OC(COC(=O)CCCCCCCCCCCCC)COC(=O)CCCCCCCCCCCCCCCCCCCCCCCC. The van der Waals surface area contributed by atoms with E-state index in [4.69, 9.17) is 14.2 Å². The van der Waals surface area contributed by atoms with Crippen LogP contribution in [0.5, 0.6) is 0 Å². The molecule has 6 heteroatoms. The predicted molar refractivity (Wildman–Crippen MR) is 270 cm³/mol. The molecule has 0 bridgehead atoms. The number of hydrogen-bond acceptors (Lipinski definition) is 6. The smallest absolute Gasteiger partial charge is 0.306 e. The summed E-state index contributed by atoms with van der Waals surface area (Å²) >= 11 is 0. The van der Waals surface area contributed by atoms with Crippen LogP contribution in [0.25, 0.3) is 0 Å². The van der Waals surface area contributed by atoms with E-state index in [-0.39, 0.29) is 31.1 Å². The van der Waals surface area contributed by atoms with Crippen LogP contribution < -0.4 is 0 Å². The van der Waals surface area contributed by atoms with E-state index < -0.39 is 6.10 Å². The van der Waals surface area contributed by atoms with Crippen LogP contribution in [0.2, 0.25) is 0 Å².